The smallest absolute Gasteiger partial charge is 0.282 e. The van der Waals surface area contributed by atoms with Crippen LogP contribution in [0.15, 0.2) is 47.0 Å². The van der Waals surface area contributed by atoms with Gasteiger partial charge in [-0.15, -0.1) is 5.10 Å². The maximum absolute atomic E-state index is 6.25. The van der Waals surface area contributed by atoms with Crippen molar-refractivity contribution in [3.05, 3.63) is 53.1 Å². The van der Waals surface area contributed by atoms with Crippen LogP contribution < -0.4 is 10.5 Å². The van der Waals surface area contributed by atoms with Crippen molar-refractivity contribution in [3.63, 3.8) is 0 Å². The van der Waals surface area contributed by atoms with Crippen molar-refractivity contribution in [1.82, 2.24) is 25.1 Å². The van der Waals surface area contributed by atoms with Gasteiger partial charge in [-0.1, -0.05) is 40.2 Å². The lowest BCUT2D eigenvalue weighted by Gasteiger charge is -2.09. The predicted octanol–water partition coefficient (Wildman–Crippen LogP) is 3.54. The van der Waals surface area contributed by atoms with Gasteiger partial charge < -0.3 is 15.0 Å². The highest BCUT2D eigenvalue weighted by atomic mass is 35.5. The van der Waals surface area contributed by atoms with Gasteiger partial charge in [-0.3, -0.25) is 0 Å². The Balaban J connectivity index is 1.76. The van der Waals surface area contributed by atoms with Gasteiger partial charge in [0.05, 0.1) is 12.1 Å². The summed E-state index contributed by atoms with van der Waals surface area (Å²) in [5, 5.41) is 12.7. The number of halogens is 1. The minimum absolute atomic E-state index is 0.153. The molecule has 2 heterocycles. The molecule has 136 valence electrons. The van der Waals surface area contributed by atoms with Crippen LogP contribution in [0.3, 0.4) is 0 Å². The highest BCUT2D eigenvalue weighted by Crippen LogP contribution is 2.31. The van der Waals surface area contributed by atoms with E-state index in [4.69, 9.17) is 26.6 Å². The lowest BCUT2D eigenvalue weighted by molar-refractivity contribution is 0.411. The van der Waals surface area contributed by atoms with Crippen LogP contribution in [-0.2, 0) is 0 Å². The number of aryl methyl sites for hydroxylation is 1. The molecule has 9 heteroatoms. The van der Waals surface area contributed by atoms with Crippen LogP contribution in [0.25, 0.3) is 28.7 Å². The fourth-order valence-corrected chi connectivity index (χ4v) is 2.88. The summed E-state index contributed by atoms with van der Waals surface area (Å²) >= 11 is 6.19. The lowest BCUT2D eigenvalue weighted by Crippen LogP contribution is -2.04. The van der Waals surface area contributed by atoms with Gasteiger partial charge in [0.2, 0.25) is 5.82 Å². The maximum atomic E-state index is 6.25. The van der Waals surface area contributed by atoms with Crippen LogP contribution in [0.5, 0.6) is 5.75 Å². The minimum atomic E-state index is 0.153. The third-order valence-corrected chi connectivity index (χ3v) is 4.34. The normalized spacial score (nSPS) is 10.9. The molecule has 0 amide bonds. The number of methoxy groups -OCH3 is 1. The number of hydrogen-bond acceptors (Lipinski definition) is 7. The van der Waals surface area contributed by atoms with Crippen LogP contribution in [0, 0.1) is 6.92 Å². The molecule has 4 rings (SSSR count). The third kappa shape index (κ3) is 3.00. The second kappa shape index (κ2) is 6.73. The molecule has 27 heavy (non-hydrogen) atoms. The van der Waals surface area contributed by atoms with E-state index in [1.807, 2.05) is 37.3 Å². The van der Waals surface area contributed by atoms with Crippen molar-refractivity contribution >= 4 is 17.4 Å². The number of rotatable bonds is 4. The zero-order chi connectivity index (χ0) is 19.0. The fourth-order valence-electron chi connectivity index (χ4n) is 2.66. The van der Waals surface area contributed by atoms with E-state index in [0.717, 1.165) is 5.56 Å². The summed E-state index contributed by atoms with van der Waals surface area (Å²) in [4.78, 5) is 4.35. The summed E-state index contributed by atoms with van der Waals surface area (Å²) in [5.74, 6) is 1.37. The number of ether oxygens (including phenoxy) is 1. The third-order valence-electron chi connectivity index (χ3n) is 4.01. The Morgan fingerprint density at radius 3 is 2.78 bits per heavy atom. The first-order chi connectivity index (χ1) is 13.1. The van der Waals surface area contributed by atoms with E-state index >= 15 is 0 Å². The number of benzene rings is 2. The molecule has 4 aromatic rings. The van der Waals surface area contributed by atoms with Crippen LogP contribution in [-0.4, -0.2) is 32.2 Å². The van der Waals surface area contributed by atoms with Gasteiger partial charge in [0, 0.05) is 5.56 Å². The summed E-state index contributed by atoms with van der Waals surface area (Å²) in [6.45, 7) is 1.96. The fraction of sp³-hybridized carbons (Fsp3) is 0.111. The van der Waals surface area contributed by atoms with Crippen molar-refractivity contribution in [2.45, 2.75) is 6.92 Å². The molecule has 0 aliphatic rings. The Morgan fingerprint density at radius 1 is 1.19 bits per heavy atom. The second-order valence-electron chi connectivity index (χ2n) is 5.81. The molecule has 0 bridgehead atoms. The molecule has 0 saturated heterocycles. The quantitative estimate of drug-likeness (QED) is 0.575. The summed E-state index contributed by atoms with van der Waals surface area (Å²) in [7, 11) is 1.58. The van der Waals surface area contributed by atoms with E-state index in [-0.39, 0.29) is 17.4 Å². The first-order valence-corrected chi connectivity index (χ1v) is 8.41. The number of hydrogen-bond donors (Lipinski definition) is 1. The molecule has 0 radical (unpaired) electrons. The van der Waals surface area contributed by atoms with E-state index < -0.39 is 0 Å². The summed E-state index contributed by atoms with van der Waals surface area (Å²) in [6, 6.07) is 12.9. The number of nitrogen functional groups attached to an aromatic ring is 1. The Bertz CT molecular complexity index is 1120. The van der Waals surface area contributed by atoms with Crippen molar-refractivity contribution in [2.75, 3.05) is 12.8 Å². The van der Waals surface area contributed by atoms with Crippen molar-refractivity contribution in [3.8, 4) is 34.4 Å². The summed E-state index contributed by atoms with van der Waals surface area (Å²) in [6.07, 6.45) is 0. The monoisotopic (exact) mass is 382 g/mol. The Morgan fingerprint density at radius 2 is 2.00 bits per heavy atom. The average molecular weight is 383 g/mol. The predicted molar refractivity (Wildman–Crippen MR) is 101 cm³/mol. The number of anilines is 1. The van der Waals surface area contributed by atoms with E-state index in [1.54, 1.807) is 19.2 Å². The van der Waals surface area contributed by atoms with Crippen molar-refractivity contribution in [1.29, 1.82) is 0 Å². The molecule has 0 spiro atoms. The van der Waals surface area contributed by atoms with Crippen molar-refractivity contribution in [2.24, 2.45) is 0 Å². The molecule has 2 N–H and O–H groups in total. The average Bonchev–Trinajstić information content (AvgIpc) is 3.28. The molecule has 8 nitrogen and oxygen atoms in total. The Labute approximate surface area is 159 Å². The molecule has 0 saturated carbocycles. The largest absolute Gasteiger partial charge is 0.494 e. The van der Waals surface area contributed by atoms with Gasteiger partial charge in [-0.05, 0) is 36.8 Å². The molecule has 2 aromatic carbocycles. The summed E-state index contributed by atoms with van der Waals surface area (Å²) < 4.78 is 12.2. The van der Waals surface area contributed by atoms with Gasteiger partial charge in [0.25, 0.3) is 5.89 Å². The van der Waals surface area contributed by atoms with E-state index in [9.17, 15) is 0 Å². The van der Waals surface area contributed by atoms with Gasteiger partial charge in [-0.2, -0.15) is 9.67 Å². The number of aromatic nitrogens is 5. The second-order valence-corrected chi connectivity index (χ2v) is 6.22. The van der Waals surface area contributed by atoms with Gasteiger partial charge in [0.1, 0.15) is 11.4 Å². The molecule has 2 aromatic heterocycles. The Kier molecular flexibility index (Phi) is 4.25. The molecular weight excluding hydrogens is 368 g/mol. The zero-order valence-electron chi connectivity index (χ0n) is 14.5. The van der Waals surface area contributed by atoms with Crippen LogP contribution in [0.1, 0.15) is 5.56 Å². The summed E-state index contributed by atoms with van der Waals surface area (Å²) in [5.41, 5.74) is 8.88. The van der Waals surface area contributed by atoms with Crippen LogP contribution >= 0.6 is 11.6 Å². The molecule has 0 unspecified atom stereocenters. The van der Waals surface area contributed by atoms with Gasteiger partial charge >= 0.3 is 0 Å². The van der Waals surface area contributed by atoms with Gasteiger partial charge in [-0.25, -0.2) is 0 Å². The minimum Gasteiger partial charge on any atom is -0.494 e. The van der Waals surface area contributed by atoms with E-state index in [2.05, 4.69) is 20.5 Å². The standard InChI is InChI=1S/C18H15ClN6O2/c1-10-7-8-14(26-2)13(9-10)25-16(20)15(22-24-25)18-21-17(23-27-18)11-5-3-4-6-12(11)19/h3-9H,20H2,1-2H3. The molecule has 0 fully saturated rings. The lowest BCUT2D eigenvalue weighted by atomic mass is 10.2. The van der Waals surface area contributed by atoms with Gasteiger partial charge in [0.15, 0.2) is 11.5 Å². The zero-order valence-corrected chi connectivity index (χ0v) is 15.3. The Hall–Kier alpha value is -3.39. The molecule has 0 aliphatic heterocycles. The SMILES string of the molecule is COc1ccc(C)cc1-n1nnc(-c2nc(-c3ccccc3Cl)no2)c1N. The maximum Gasteiger partial charge on any atom is 0.282 e. The first-order valence-electron chi connectivity index (χ1n) is 8.03. The molecular formula is C18H15ClN6O2. The highest BCUT2D eigenvalue weighted by Gasteiger charge is 2.21. The van der Waals surface area contributed by atoms with E-state index in [1.165, 1.54) is 4.68 Å². The molecule has 0 atom stereocenters. The van der Waals surface area contributed by atoms with E-state index in [0.29, 0.717) is 27.8 Å². The highest BCUT2D eigenvalue weighted by molar-refractivity contribution is 6.33. The number of nitrogens with two attached hydrogens (primary N) is 1. The topological polar surface area (TPSA) is 105 Å². The van der Waals surface area contributed by atoms with Crippen LogP contribution in [0.4, 0.5) is 5.82 Å². The number of nitrogens with zero attached hydrogens (tertiary/aromatic N) is 5. The molecule has 0 aliphatic carbocycles. The van der Waals surface area contributed by atoms with Crippen molar-refractivity contribution < 1.29 is 9.26 Å². The first kappa shape index (κ1) is 17.0. The van der Waals surface area contributed by atoms with Crippen LogP contribution in [0.2, 0.25) is 5.02 Å².